The normalized spacial score (nSPS) is 20.6. The number of amides is 1. The zero-order chi connectivity index (χ0) is 24.4. The van der Waals surface area contributed by atoms with E-state index >= 15 is 0 Å². The van der Waals surface area contributed by atoms with Gasteiger partial charge in [0.2, 0.25) is 0 Å². The smallest absolute Gasteiger partial charge is 0.263 e. The van der Waals surface area contributed by atoms with Gasteiger partial charge in [0.1, 0.15) is 0 Å². The number of hydrogen-bond donors (Lipinski definition) is 0. The summed E-state index contributed by atoms with van der Waals surface area (Å²) in [5.41, 5.74) is 6.14. The van der Waals surface area contributed by atoms with Gasteiger partial charge in [-0.3, -0.25) is 9.78 Å². The molecule has 0 bridgehead atoms. The van der Waals surface area contributed by atoms with Gasteiger partial charge in [-0.15, -0.1) is 0 Å². The van der Waals surface area contributed by atoms with E-state index in [1.165, 1.54) is 36.0 Å². The number of carbonyl (C=O) groups is 1. The minimum Gasteiger partial charge on any atom is -0.386 e. The number of hydrogen-bond acceptors (Lipinski definition) is 4. The molecule has 1 atom stereocenters. The lowest BCUT2D eigenvalue weighted by molar-refractivity contribution is -0.137. The number of oxime groups is 1. The SMILES string of the molecule is O=C(CON=C1CCCCC1)N1CCC([C@H]2c3ncc(Br)cc3CCc3cc(Cl)cc(Br)c32)CC1. The molecule has 5 nitrogen and oxygen atoms in total. The zero-order valence-electron chi connectivity index (χ0n) is 19.7. The van der Waals surface area contributed by atoms with E-state index in [1.807, 2.05) is 17.2 Å². The van der Waals surface area contributed by atoms with Gasteiger partial charge in [-0.25, -0.2) is 0 Å². The van der Waals surface area contributed by atoms with Crippen molar-refractivity contribution in [1.82, 2.24) is 9.88 Å². The van der Waals surface area contributed by atoms with Crippen LogP contribution in [0.4, 0.5) is 0 Å². The fourth-order valence-corrected chi connectivity index (χ4v) is 7.33. The number of likely N-dealkylation sites (tertiary alicyclic amines) is 1. The van der Waals surface area contributed by atoms with Crippen molar-refractivity contribution in [3.8, 4) is 0 Å². The van der Waals surface area contributed by atoms with Gasteiger partial charge in [-0.05, 0) is 108 Å². The molecule has 2 aliphatic carbocycles. The van der Waals surface area contributed by atoms with Crippen molar-refractivity contribution in [3.05, 3.63) is 60.7 Å². The lowest BCUT2D eigenvalue weighted by Crippen LogP contribution is -2.41. The summed E-state index contributed by atoms with van der Waals surface area (Å²) in [7, 11) is 0. The van der Waals surface area contributed by atoms with Crippen LogP contribution in [0.15, 0.2) is 38.5 Å². The molecule has 1 saturated heterocycles. The number of pyridine rings is 1. The van der Waals surface area contributed by atoms with Crippen LogP contribution in [0.3, 0.4) is 0 Å². The van der Waals surface area contributed by atoms with Crippen molar-refractivity contribution in [3.63, 3.8) is 0 Å². The van der Waals surface area contributed by atoms with E-state index in [-0.39, 0.29) is 18.4 Å². The zero-order valence-corrected chi connectivity index (χ0v) is 23.7. The Balaban J connectivity index is 1.31. The summed E-state index contributed by atoms with van der Waals surface area (Å²) in [6.07, 6.45) is 11.2. The second-order valence-corrected chi connectivity index (χ2v) is 12.1. The molecule has 3 aliphatic rings. The highest BCUT2D eigenvalue weighted by Crippen LogP contribution is 2.46. The predicted octanol–water partition coefficient (Wildman–Crippen LogP) is 7.07. The number of nitrogens with zero attached hydrogens (tertiary/aromatic N) is 3. The van der Waals surface area contributed by atoms with E-state index < -0.39 is 0 Å². The van der Waals surface area contributed by atoms with Gasteiger partial charge in [0, 0.05) is 39.2 Å². The average molecular weight is 624 g/mol. The number of aromatic nitrogens is 1. The molecular formula is C27H30Br2ClN3O2. The topological polar surface area (TPSA) is 54.8 Å². The Hall–Kier alpha value is -1.44. The summed E-state index contributed by atoms with van der Waals surface area (Å²) >= 11 is 13.9. The van der Waals surface area contributed by atoms with Gasteiger partial charge in [-0.2, -0.15) is 0 Å². The van der Waals surface area contributed by atoms with Crippen LogP contribution in [-0.4, -0.2) is 41.2 Å². The first-order valence-corrected chi connectivity index (χ1v) is 14.5. The Morgan fingerprint density at radius 1 is 1.06 bits per heavy atom. The van der Waals surface area contributed by atoms with Crippen molar-refractivity contribution >= 4 is 55.1 Å². The third-order valence-corrected chi connectivity index (χ3v) is 8.90. The summed E-state index contributed by atoms with van der Waals surface area (Å²) < 4.78 is 2.06. The molecule has 8 heteroatoms. The number of rotatable bonds is 4. The largest absolute Gasteiger partial charge is 0.386 e. The van der Waals surface area contributed by atoms with Gasteiger partial charge in [0.25, 0.3) is 5.91 Å². The number of halogens is 3. The molecule has 0 radical (unpaired) electrons. The molecule has 5 rings (SSSR count). The Morgan fingerprint density at radius 2 is 1.80 bits per heavy atom. The predicted molar refractivity (Wildman–Crippen MR) is 146 cm³/mol. The summed E-state index contributed by atoms with van der Waals surface area (Å²) in [6.45, 7) is 1.49. The first kappa shape index (κ1) is 25.2. The van der Waals surface area contributed by atoms with Crippen LogP contribution >= 0.6 is 43.5 Å². The highest BCUT2D eigenvalue weighted by Gasteiger charge is 2.36. The Morgan fingerprint density at radius 3 is 2.57 bits per heavy atom. The third-order valence-electron chi connectivity index (χ3n) is 7.59. The molecule has 0 spiro atoms. The summed E-state index contributed by atoms with van der Waals surface area (Å²) in [4.78, 5) is 25.1. The maximum absolute atomic E-state index is 12.8. The Kier molecular flexibility index (Phi) is 8.15. The number of piperidine rings is 1. The molecule has 2 fully saturated rings. The van der Waals surface area contributed by atoms with E-state index in [0.29, 0.717) is 5.92 Å². The molecule has 2 aromatic rings. The number of fused-ring (bicyclic) bond motifs is 2. The average Bonchev–Trinajstić information content (AvgIpc) is 3.01. The number of benzene rings is 1. The van der Waals surface area contributed by atoms with Crippen molar-refractivity contribution in [2.45, 2.75) is 63.7 Å². The molecule has 0 unspecified atom stereocenters. The van der Waals surface area contributed by atoms with Crippen molar-refractivity contribution < 1.29 is 9.63 Å². The van der Waals surface area contributed by atoms with Crippen LogP contribution in [0.25, 0.3) is 0 Å². The molecule has 186 valence electrons. The second-order valence-electron chi connectivity index (χ2n) is 9.85. The van der Waals surface area contributed by atoms with Crippen LogP contribution in [0.2, 0.25) is 5.02 Å². The van der Waals surface area contributed by atoms with E-state index in [9.17, 15) is 4.79 Å². The maximum Gasteiger partial charge on any atom is 0.263 e. The fourth-order valence-electron chi connectivity index (χ4n) is 5.83. The van der Waals surface area contributed by atoms with Gasteiger partial charge < -0.3 is 9.74 Å². The fraction of sp³-hybridized carbons (Fsp3) is 0.519. The minimum atomic E-state index is 0.0281. The van der Waals surface area contributed by atoms with Crippen molar-refractivity contribution in [2.75, 3.05) is 19.7 Å². The third kappa shape index (κ3) is 5.78. The van der Waals surface area contributed by atoms with Gasteiger partial charge in [-0.1, -0.05) is 39.1 Å². The van der Waals surface area contributed by atoms with Crippen LogP contribution in [0.5, 0.6) is 0 Å². The molecular weight excluding hydrogens is 594 g/mol. The quantitative estimate of drug-likeness (QED) is 0.343. The first-order valence-electron chi connectivity index (χ1n) is 12.6. The highest BCUT2D eigenvalue weighted by atomic mass is 79.9. The molecule has 1 aliphatic heterocycles. The van der Waals surface area contributed by atoms with Crippen molar-refractivity contribution in [2.24, 2.45) is 11.1 Å². The number of carbonyl (C=O) groups excluding carboxylic acids is 1. The van der Waals surface area contributed by atoms with Crippen LogP contribution < -0.4 is 0 Å². The molecule has 1 aromatic carbocycles. The lowest BCUT2D eigenvalue weighted by Gasteiger charge is -2.37. The summed E-state index contributed by atoms with van der Waals surface area (Å²) in [5, 5.41) is 4.99. The van der Waals surface area contributed by atoms with Gasteiger partial charge in [0.05, 0.1) is 11.4 Å². The lowest BCUT2D eigenvalue weighted by atomic mass is 9.76. The molecule has 1 aromatic heterocycles. The van der Waals surface area contributed by atoms with Crippen molar-refractivity contribution in [1.29, 1.82) is 0 Å². The minimum absolute atomic E-state index is 0.0281. The van der Waals surface area contributed by atoms with Gasteiger partial charge in [0.15, 0.2) is 6.61 Å². The van der Waals surface area contributed by atoms with Crippen LogP contribution in [-0.2, 0) is 22.5 Å². The molecule has 1 saturated carbocycles. The van der Waals surface area contributed by atoms with E-state index in [2.05, 4.69) is 49.1 Å². The molecule has 1 amide bonds. The van der Waals surface area contributed by atoms with Crippen LogP contribution in [0, 0.1) is 5.92 Å². The number of aryl methyl sites for hydroxylation is 2. The highest BCUT2D eigenvalue weighted by molar-refractivity contribution is 9.10. The Labute approximate surface area is 228 Å². The summed E-state index contributed by atoms with van der Waals surface area (Å²) in [6, 6.07) is 6.32. The molecule has 2 heterocycles. The summed E-state index contributed by atoms with van der Waals surface area (Å²) in [5.74, 6) is 0.595. The molecule has 0 N–H and O–H groups in total. The second kappa shape index (κ2) is 11.3. The van der Waals surface area contributed by atoms with E-state index in [4.69, 9.17) is 21.4 Å². The van der Waals surface area contributed by atoms with E-state index in [0.717, 1.165) is 77.0 Å². The first-order chi connectivity index (χ1) is 17.0. The van der Waals surface area contributed by atoms with Crippen LogP contribution in [0.1, 0.15) is 73.2 Å². The Bertz CT molecular complexity index is 1120. The monoisotopic (exact) mass is 621 g/mol. The van der Waals surface area contributed by atoms with E-state index in [1.54, 1.807) is 0 Å². The maximum atomic E-state index is 12.8. The van der Waals surface area contributed by atoms with Gasteiger partial charge >= 0.3 is 0 Å². The molecule has 35 heavy (non-hydrogen) atoms. The standard InChI is InChI=1S/C27H30Br2ClN3O2/c28-20-12-19-7-6-18-13-21(30)14-23(29)25(18)26(27(19)31-15-20)17-8-10-33(11-9-17)24(34)16-35-32-22-4-2-1-3-5-22/h12-15,17,26H,1-11,16H2/t26-/m1/s1.